The topological polar surface area (TPSA) is 75.7 Å². The number of sulfonamides is 1. The Morgan fingerprint density at radius 1 is 0.842 bits per heavy atom. The van der Waals surface area contributed by atoms with Crippen LogP contribution in [0, 0.1) is 6.92 Å². The molecule has 0 fully saturated rings. The average molecular weight is 529 g/mol. The molecule has 0 aliphatic rings. The molecule has 7 heteroatoms. The van der Waals surface area contributed by atoms with Crippen molar-refractivity contribution < 1.29 is 17.9 Å². The zero-order valence-corrected chi connectivity index (χ0v) is 22.4. The van der Waals surface area contributed by atoms with Crippen molar-refractivity contribution in [3.63, 3.8) is 0 Å². The van der Waals surface area contributed by atoms with E-state index in [0.29, 0.717) is 6.42 Å². The largest absolute Gasteiger partial charge is 0.495 e. The number of nitrogens with zero attached hydrogens (tertiary/aromatic N) is 1. The molecule has 0 atom stereocenters. The van der Waals surface area contributed by atoms with Crippen molar-refractivity contribution >= 4 is 15.9 Å². The summed E-state index contributed by atoms with van der Waals surface area (Å²) in [6, 6.07) is 33.5. The van der Waals surface area contributed by atoms with E-state index in [4.69, 9.17) is 4.74 Å². The van der Waals surface area contributed by atoms with E-state index in [1.54, 1.807) is 18.2 Å². The maximum atomic E-state index is 13.9. The third-order valence-electron chi connectivity index (χ3n) is 6.32. The van der Waals surface area contributed by atoms with Gasteiger partial charge in [0.25, 0.3) is 0 Å². The van der Waals surface area contributed by atoms with Crippen molar-refractivity contribution in [3.05, 3.63) is 131 Å². The Balaban J connectivity index is 1.64. The van der Waals surface area contributed by atoms with Crippen molar-refractivity contribution in [3.8, 4) is 5.75 Å². The van der Waals surface area contributed by atoms with Crippen LogP contribution in [0.1, 0.15) is 28.3 Å². The van der Waals surface area contributed by atoms with Crippen LogP contribution in [0.4, 0.5) is 0 Å². The number of rotatable bonds is 11. The summed E-state index contributed by atoms with van der Waals surface area (Å²) in [5.74, 6) is -0.155. The Kier molecular flexibility index (Phi) is 8.94. The number of hydrogen-bond acceptors (Lipinski definition) is 4. The summed E-state index contributed by atoms with van der Waals surface area (Å²) in [7, 11) is -2.61. The van der Waals surface area contributed by atoms with Crippen LogP contribution in [0.3, 0.4) is 0 Å². The predicted molar refractivity (Wildman–Crippen MR) is 150 cm³/mol. The minimum Gasteiger partial charge on any atom is -0.495 e. The van der Waals surface area contributed by atoms with Crippen LogP contribution in [0.5, 0.6) is 5.75 Å². The van der Waals surface area contributed by atoms with Gasteiger partial charge in [0, 0.05) is 6.54 Å². The molecule has 4 rings (SSSR count). The van der Waals surface area contributed by atoms with Gasteiger partial charge in [-0.25, -0.2) is 8.42 Å². The van der Waals surface area contributed by atoms with Gasteiger partial charge in [-0.05, 0) is 47.7 Å². The van der Waals surface area contributed by atoms with E-state index in [9.17, 15) is 13.2 Å². The van der Waals surface area contributed by atoms with E-state index in [1.165, 1.54) is 11.4 Å². The molecule has 6 nitrogen and oxygen atoms in total. The summed E-state index contributed by atoms with van der Waals surface area (Å²) < 4.78 is 34.4. The SMILES string of the molecule is COc1ccc(C)cc1S(=O)(=O)N(CCc1ccccc1)CC(=O)NC(c1ccccc1)c1ccccc1. The Labute approximate surface area is 225 Å². The van der Waals surface area contributed by atoms with Crippen molar-refractivity contribution in [1.82, 2.24) is 9.62 Å². The first-order valence-corrected chi connectivity index (χ1v) is 13.9. The van der Waals surface area contributed by atoms with Crippen LogP contribution < -0.4 is 10.1 Å². The average Bonchev–Trinajstić information content (AvgIpc) is 2.95. The summed E-state index contributed by atoms with van der Waals surface area (Å²) in [6.45, 7) is 1.63. The van der Waals surface area contributed by atoms with Crippen molar-refractivity contribution in [2.75, 3.05) is 20.2 Å². The molecule has 0 unspecified atom stereocenters. The van der Waals surface area contributed by atoms with E-state index < -0.39 is 22.0 Å². The van der Waals surface area contributed by atoms with Crippen LogP contribution in [-0.2, 0) is 21.2 Å². The summed E-state index contributed by atoms with van der Waals surface area (Å²) in [5.41, 5.74) is 3.58. The highest BCUT2D eigenvalue weighted by atomic mass is 32.2. The molecular weight excluding hydrogens is 496 g/mol. The second-order valence-electron chi connectivity index (χ2n) is 9.05. The number of ether oxygens (including phenoxy) is 1. The fraction of sp³-hybridized carbons (Fsp3) is 0.194. The third-order valence-corrected chi connectivity index (χ3v) is 8.19. The van der Waals surface area contributed by atoms with Crippen molar-refractivity contribution in [2.45, 2.75) is 24.3 Å². The maximum absolute atomic E-state index is 13.9. The van der Waals surface area contributed by atoms with Crippen LogP contribution in [0.25, 0.3) is 0 Å². The molecule has 0 saturated heterocycles. The van der Waals surface area contributed by atoms with Gasteiger partial charge in [-0.1, -0.05) is 97.1 Å². The number of benzene rings is 4. The lowest BCUT2D eigenvalue weighted by Crippen LogP contribution is -2.43. The molecule has 0 aliphatic carbocycles. The third kappa shape index (κ3) is 6.68. The molecule has 1 amide bonds. The van der Waals surface area contributed by atoms with Crippen LogP contribution in [-0.4, -0.2) is 38.8 Å². The number of nitrogens with one attached hydrogen (secondary N) is 1. The van der Waals surface area contributed by atoms with Gasteiger partial charge < -0.3 is 10.1 Å². The lowest BCUT2D eigenvalue weighted by Gasteiger charge is -2.25. The fourth-order valence-electron chi connectivity index (χ4n) is 4.32. The summed E-state index contributed by atoms with van der Waals surface area (Å²) in [4.78, 5) is 13.5. The Bertz CT molecular complexity index is 1400. The molecule has 38 heavy (non-hydrogen) atoms. The summed E-state index contributed by atoms with van der Waals surface area (Å²) in [6.07, 6.45) is 0.461. The van der Waals surface area contributed by atoms with Gasteiger partial charge in [-0.2, -0.15) is 4.31 Å². The van der Waals surface area contributed by atoms with E-state index in [-0.39, 0.29) is 23.7 Å². The quantitative estimate of drug-likeness (QED) is 0.292. The molecule has 0 aromatic heterocycles. The van der Waals surface area contributed by atoms with Crippen molar-refractivity contribution in [2.24, 2.45) is 0 Å². The molecule has 0 bridgehead atoms. The van der Waals surface area contributed by atoms with Crippen molar-refractivity contribution in [1.29, 1.82) is 0 Å². The van der Waals surface area contributed by atoms with Gasteiger partial charge in [0.15, 0.2) is 0 Å². The highest BCUT2D eigenvalue weighted by molar-refractivity contribution is 7.89. The lowest BCUT2D eigenvalue weighted by molar-refractivity contribution is -0.121. The van der Waals surface area contributed by atoms with E-state index in [2.05, 4.69) is 5.32 Å². The molecule has 0 saturated carbocycles. The number of aryl methyl sites for hydroxylation is 1. The summed E-state index contributed by atoms with van der Waals surface area (Å²) in [5, 5.41) is 3.07. The Hall–Kier alpha value is -3.94. The molecule has 0 radical (unpaired) electrons. The lowest BCUT2D eigenvalue weighted by atomic mass is 9.99. The zero-order chi connectivity index (χ0) is 27.0. The summed E-state index contributed by atoms with van der Waals surface area (Å²) >= 11 is 0. The molecule has 1 N–H and O–H groups in total. The number of amides is 1. The number of carbonyl (C=O) groups excluding carboxylic acids is 1. The maximum Gasteiger partial charge on any atom is 0.247 e. The molecule has 0 heterocycles. The van der Waals surface area contributed by atoms with Gasteiger partial charge in [0.1, 0.15) is 10.6 Å². The highest BCUT2D eigenvalue weighted by Gasteiger charge is 2.30. The number of hydrogen-bond donors (Lipinski definition) is 1. The van der Waals surface area contributed by atoms with E-state index >= 15 is 0 Å². The molecule has 0 aliphatic heterocycles. The second-order valence-corrected chi connectivity index (χ2v) is 11.0. The van der Waals surface area contributed by atoms with E-state index in [1.807, 2.05) is 97.9 Å². The number of carbonyl (C=O) groups is 1. The molecule has 0 spiro atoms. The van der Waals surface area contributed by atoms with Crippen LogP contribution >= 0.6 is 0 Å². The first kappa shape index (κ1) is 27.1. The second kappa shape index (κ2) is 12.5. The Morgan fingerprint density at radius 3 is 1.95 bits per heavy atom. The normalized spacial score (nSPS) is 11.5. The molecule has 196 valence electrons. The highest BCUT2D eigenvalue weighted by Crippen LogP contribution is 2.28. The molecule has 4 aromatic carbocycles. The van der Waals surface area contributed by atoms with Gasteiger partial charge in [0.2, 0.25) is 15.9 Å². The van der Waals surface area contributed by atoms with E-state index in [0.717, 1.165) is 22.3 Å². The monoisotopic (exact) mass is 528 g/mol. The minimum atomic E-state index is -4.05. The number of methoxy groups -OCH3 is 1. The smallest absolute Gasteiger partial charge is 0.247 e. The van der Waals surface area contributed by atoms with Crippen LogP contribution in [0.2, 0.25) is 0 Å². The zero-order valence-electron chi connectivity index (χ0n) is 21.6. The molecule has 4 aromatic rings. The standard InChI is InChI=1S/C31H32N2O4S/c1-24-18-19-28(37-2)29(22-24)38(35,36)33(21-20-25-12-6-3-7-13-25)23-30(34)32-31(26-14-8-4-9-15-26)27-16-10-5-11-17-27/h3-19,22,31H,20-21,23H2,1-2H3,(H,32,34). The molecular formula is C31H32N2O4S. The first-order chi connectivity index (χ1) is 18.4. The van der Waals surface area contributed by atoms with Gasteiger partial charge in [0.05, 0.1) is 19.7 Å². The van der Waals surface area contributed by atoms with Gasteiger partial charge in [-0.3, -0.25) is 4.79 Å². The Morgan fingerprint density at radius 2 is 1.39 bits per heavy atom. The van der Waals surface area contributed by atoms with Gasteiger partial charge >= 0.3 is 0 Å². The first-order valence-electron chi connectivity index (χ1n) is 12.5. The minimum absolute atomic E-state index is 0.0449. The van der Waals surface area contributed by atoms with Crippen LogP contribution in [0.15, 0.2) is 114 Å². The fourth-order valence-corrected chi connectivity index (χ4v) is 5.96. The predicted octanol–water partition coefficient (Wildman–Crippen LogP) is 5.14. The van der Waals surface area contributed by atoms with Gasteiger partial charge in [-0.15, -0.1) is 0 Å².